The van der Waals surface area contributed by atoms with E-state index in [9.17, 15) is 5.11 Å². The molecule has 3 aromatic carbocycles. The smallest absolute Gasteiger partial charge is 0.116 e. The fourth-order valence-electron chi connectivity index (χ4n) is 5.09. The number of hydrogen-bond donors (Lipinski definition) is 1. The first-order chi connectivity index (χ1) is 19.3. The predicted molar refractivity (Wildman–Crippen MR) is 166 cm³/mol. The number of hydrogen-bond acceptors (Lipinski definition) is 5. The van der Waals surface area contributed by atoms with Crippen LogP contribution in [-0.4, -0.2) is 27.5 Å². The summed E-state index contributed by atoms with van der Waals surface area (Å²) in [6, 6.07) is 23.8. The van der Waals surface area contributed by atoms with E-state index in [1.54, 1.807) is 24.8 Å². The Balaban J connectivity index is 1.51. The second-order valence-electron chi connectivity index (χ2n) is 10.1. The van der Waals surface area contributed by atoms with Gasteiger partial charge in [-0.05, 0) is 145 Å². The molecule has 0 atom stereocenters. The average Bonchev–Trinajstić information content (AvgIpc) is 2.94. The van der Waals surface area contributed by atoms with Gasteiger partial charge in [0.15, 0.2) is 0 Å². The molecule has 0 bridgehead atoms. The molecule has 0 spiro atoms. The fraction of sp³-hybridized carbons (Fsp3) is 0.143. The van der Waals surface area contributed by atoms with E-state index in [-0.39, 0.29) is 5.75 Å². The summed E-state index contributed by atoms with van der Waals surface area (Å²) < 4.78 is 0. The van der Waals surface area contributed by atoms with E-state index in [0.717, 1.165) is 72.8 Å². The molecule has 0 radical (unpaired) electrons. The van der Waals surface area contributed by atoms with Gasteiger partial charge < -0.3 is 5.11 Å². The molecule has 0 aliphatic rings. The van der Waals surface area contributed by atoms with Crippen LogP contribution in [0.2, 0.25) is 0 Å². The zero-order valence-corrected chi connectivity index (χ0v) is 23.5. The van der Waals surface area contributed by atoms with E-state index >= 15 is 0 Å². The van der Waals surface area contributed by atoms with Crippen LogP contribution in [0.25, 0.3) is 22.3 Å². The van der Waals surface area contributed by atoms with Crippen molar-refractivity contribution < 1.29 is 5.11 Å². The van der Waals surface area contributed by atoms with Gasteiger partial charge in [0.05, 0.1) is 35.2 Å². The van der Waals surface area contributed by atoms with Crippen LogP contribution in [0.3, 0.4) is 0 Å². The van der Waals surface area contributed by atoms with Gasteiger partial charge in [-0.15, -0.1) is 0 Å². The molecule has 5 rings (SSSR count). The number of benzene rings is 3. The molecule has 0 saturated carbocycles. The third kappa shape index (κ3) is 5.74. The van der Waals surface area contributed by atoms with E-state index in [1.807, 2.05) is 48.5 Å². The summed E-state index contributed by atoms with van der Waals surface area (Å²) in [5.41, 5.74) is 12.9. The van der Waals surface area contributed by atoms with Crippen LogP contribution >= 0.6 is 0 Å². The van der Waals surface area contributed by atoms with E-state index in [2.05, 4.69) is 68.9 Å². The first-order valence-corrected chi connectivity index (χ1v) is 13.3. The zero-order valence-electron chi connectivity index (χ0n) is 23.5. The molecule has 0 fully saturated rings. The van der Waals surface area contributed by atoms with E-state index < -0.39 is 0 Å². The van der Waals surface area contributed by atoms with Crippen LogP contribution in [0.1, 0.15) is 39.2 Å². The van der Waals surface area contributed by atoms with Crippen LogP contribution in [0, 0.1) is 34.6 Å². The summed E-state index contributed by atoms with van der Waals surface area (Å²) in [6.45, 7) is 10.4. The molecule has 0 saturated heterocycles. The monoisotopic (exact) mass is 524 g/mol. The third-order valence-electron chi connectivity index (χ3n) is 7.02. The van der Waals surface area contributed by atoms with Crippen LogP contribution in [0.4, 0.5) is 11.4 Å². The lowest BCUT2D eigenvalue weighted by Crippen LogP contribution is -1.93. The second-order valence-corrected chi connectivity index (χ2v) is 10.1. The Hall–Kier alpha value is -4.90. The average molecular weight is 525 g/mol. The molecule has 1 N–H and O–H groups in total. The van der Waals surface area contributed by atoms with Gasteiger partial charge in [0.25, 0.3) is 0 Å². The van der Waals surface area contributed by atoms with Crippen molar-refractivity contribution in [3.63, 3.8) is 0 Å². The van der Waals surface area contributed by atoms with Crippen LogP contribution < -0.4 is 0 Å². The Kier molecular flexibility index (Phi) is 7.65. The zero-order chi connectivity index (χ0) is 28.2. The SMILES string of the molecule is Cc1cc(-c2cc(O)cc(-c3cc(C)c(N=Cc4ccccn4)c(C)c3)c2C)cc(C)c1N=Cc1ccccn1. The first kappa shape index (κ1) is 26.7. The number of rotatable bonds is 6. The third-order valence-corrected chi connectivity index (χ3v) is 7.02. The van der Waals surface area contributed by atoms with Crippen LogP contribution in [-0.2, 0) is 0 Å². The number of aromatic nitrogens is 2. The van der Waals surface area contributed by atoms with Crippen molar-refractivity contribution in [3.05, 3.63) is 124 Å². The molecule has 2 aromatic heterocycles. The molecule has 40 heavy (non-hydrogen) atoms. The quantitative estimate of drug-likeness (QED) is 0.226. The minimum Gasteiger partial charge on any atom is -0.508 e. The van der Waals surface area contributed by atoms with Gasteiger partial charge in [0.1, 0.15) is 5.75 Å². The second kappa shape index (κ2) is 11.5. The molecule has 5 aromatic rings. The van der Waals surface area contributed by atoms with E-state index in [4.69, 9.17) is 9.98 Å². The topological polar surface area (TPSA) is 70.7 Å². The van der Waals surface area contributed by atoms with Gasteiger partial charge in [-0.3, -0.25) is 20.0 Å². The maximum atomic E-state index is 10.8. The number of aromatic hydroxyl groups is 1. The van der Waals surface area contributed by atoms with E-state index in [0.29, 0.717) is 0 Å². The molecular formula is C35H32N4O. The number of phenolic OH excluding ortho intramolecular Hbond substituents is 1. The van der Waals surface area contributed by atoms with Crippen LogP contribution in [0.5, 0.6) is 5.75 Å². The van der Waals surface area contributed by atoms with Crippen molar-refractivity contribution in [3.8, 4) is 28.0 Å². The van der Waals surface area contributed by atoms with Gasteiger partial charge in [-0.25, -0.2) is 0 Å². The normalized spacial score (nSPS) is 11.5. The van der Waals surface area contributed by atoms with Crippen molar-refractivity contribution in [2.45, 2.75) is 34.6 Å². The van der Waals surface area contributed by atoms with Gasteiger partial charge >= 0.3 is 0 Å². The molecular weight excluding hydrogens is 492 g/mol. The maximum Gasteiger partial charge on any atom is 0.116 e. The Morgan fingerprint density at radius 2 is 0.975 bits per heavy atom. The Morgan fingerprint density at radius 3 is 1.32 bits per heavy atom. The van der Waals surface area contributed by atoms with E-state index in [1.165, 1.54) is 0 Å². The molecule has 0 aliphatic heterocycles. The van der Waals surface area contributed by atoms with Crippen molar-refractivity contribution in [1.82, 2.24) is 9.97 Å². The molecule has 0 aliphatic carbocycles. The summed E-state index contributed by atoms with van der Waals surface area (Å²) >= 11 is 0. The summed E-state index contributed by atoms with van der Waals surface area (Å²) in [5, 5.41) is 10.8. The Labute approximate surface area is 235 Å². The standard InChI is InChI=1S/C35H32N4O/c1-22-14-27(15-23(2)34(22)38-20-29-10-6-8-12-36-29)32-18-31(40)19-33(26(32)5)28-16-24(3)35(25(4)17-28)39-21-30-11-7-9-13-37-30/h6-21,40H,1-5H3. The Bertz CT molecular complexity index is 1570. The lowest BCUT2D eigenvalue weighted by molar-refractivity contribution is 0.475. The predicted octanol–water partition coefficient (Wildman–Crippen LogP) is 8.56. The summed E-state index contributed by atoms with van der Waals surface area (Å²) in [4.78, 5) is 18.1. The number of phenols is 1. The minimum absolute atomic E-state index is 0.232. The van der Waals surface area contributed by atoms with Gasteiger partial charge in [0.2, 0.25) is 0 Å². The summed E-state index contributed by atoms with van der Waals surface area (Å²) in [5.74, 6) is 0.232. The van der Waals surface area contributed by atoms with Crippen molar-refractivity contribution >= 4 is 23.8 Å². The van der Waals surface area contributed by atoms with Gasteiger partial charge in [0, 0.05) is 12.4 Å². The van der Waals surface area contributed by atoms with Crippen molar-refractivity contribution in [2.24, 2.45) is 9.98 Å². The van der Waals surface area contributed by atoms with Gasteiger partial charge in [-0.2, -0.15) is 0 Å². The highest BCUT2D eigenvalue weighted by molar-refractivity contribution is 5.85. The largest absolute Gasteiger partial charge is 0.508 e. The number of nitrogens with zero attached hydrogens (tertiary/aromatic N) is 4. The molecule has 0 amide bonds. The molecule has 0 unspecified atom stereocenters. The maximum absolute atomic E-state index is 10.8. The molecule has 5 heteroatoms. The molecule has 2 heterocycles. The van der Waals surface area contributed by atoms with Crippen molar-refractivity contribution in [1.29, 1.82) is 0 Å². The lowest BCUT2D eigenvalue weighted by Gasteiger charge is -2.17. The highest BCUT2D eigenvalue weighted by Crippen LogP contribution is 2.40. The Morgan fingerprint density at radius 1 is 0.575 bits per heavy atom. The molecule has 198 valence electrons. The van der Waals surface area contributed by atoms with Gasteiger partial charge in [-0.1, -0.05) is 12.1 Å². The summed E-state index contributed by atoms with van der Waals surface area (Å²) in [7, 11) is 0. The highest BCUT2D eigenvalue weighted by atomic mass is 16.3. The minimum atomic E-state index is 0.232. The van der Waals surface area contributed by atoms with Crippen molar-refractivity contribution in [2.75, 3.05) is 0 Å². The lowest BCUT2D eigenvalue weighted by atomic mass is 9.89. The number of pyridine rings is 2. The number of aliphatic imine (C=N–C) groups is 2. The fourth-order valence-corrected chi connectivity index (χ4v) is 5.09. The number of aryl methyl sites for hydroxylation is 4. The summed E-state index contributed by atoms with van der Waals surface area (Å²) in [6.07, 6.45) is 7.11. The van der Waals surface area contributed by atoms with Crippen LogP contribution in [0.15, 0.2) is 95.2 Å². The first-order valence-electron chi connectivity index (χ1n) is 13.3. The molecule has 5 nitrogen and oxygen atoms in total. The highest BCUT2D eigenvalue weighted by Gasteiger charge is 2.15.